The van der Waals surface area contributed by atoms with Crippen LogP contribution in [0.5, 0.6) is 0 Å². The lowest BCUT2D eigenvalue weighted by molar-refractivity contribution is -0.144. The second-order valence-corrected chi connectivity index (χ2v) is 8.51. The van der Waals surface area contributed by atoms with Crippen molar-refractivity contribution in [2.75, 3.05) is 6.61 Å². The van der Waals surface area contributed by atoms with E-state index in [0.717, 1.165) is 38.5 Å². The molecule has 0 saturated heterocycles. The molecule has 4 nitrogen and oxygen atoms in total. The molecule has 172 valence electrons. The fourth-order valence-electron chi connectivity index (χ4n) is 3.72. The van der Waals surface area contributed by atoms with Gasteiger partial charge in [0.25, 0.3) is 0 Å². The topological polar surface area (TPSA) is 63.6 Å². The smallest absolute Gasteiger partial charge is 0.306 e. The highest BCUT2D eigenvalue weighted by molar-refractivity contribution is 5.69. The minimum Gasteiger partial charge on any atom is -0.481 e. The van der Waals surface area contributed by atoms with Gasteiger partial charge in [0.2, 0.25) is 0 Å². The van der Waals surface area contributed by atoms with Crippen molar-refractivity contribution in [2.24, 2.45) is 5.92 Å². The molecule has 0 heterocycles. The largest absolute Gasteiger partial charge is 0.481 e. The van der Waals surface area contributed by atoms with Crippen molar-refractivity contribution in [3.8, 4) is 0 Å². The number of carboxylic acid groups (broad SMARTS) is 1. The second kappa shape index (κ2) is 21.6. The van der Waals surface area contributed by atoms with E-state index in [0.29, 0.717) is 13.0 Å². The van der Waals surface area contributed by atoms with Crippen molar-refractivity contribution < 1.29 is 19.4 Å². The lowest BCUT2D eigenvalue weighted by atomic mass is 9.98. The van der Waals surface area contributed by atoms with Gasteiger partial charge in [0.05, 0.1) is 12.5 Å². The van der Waals surface area contributed by atoms with Crippen molar-refractivity contribution in [3.63, 3.8) is 0 Å². The Balaban J connectivity index is 3.23. The van der Waals surface area contributed by atoms with E-state index in [1.165, 1.54) is 77.0 Å². The Morgan fingerprint density at radius 3 is 1.69 bits per heavy atom. The van der Waals surface area contributed by atoms with Crippen LogP contribution in [0.3, 0.4) is 0 Å². The third-order valence-corrected chi connectivity index (χ3v) is 5.79. The highest BCUT2D eigenvalue weighted by atomic mass is 16.5. The maximum atomic E-state index is 11.7. The van der Waals surface area contributed by atoms with Crippen LogP contribution in [-0.2, 0) is 14.3 Å². The number of ether oxygens (including phenoxy) is 1. The van der Waals surface area contributed by atoms with Crippen LogP contribution in [0.4, 0.5) is 0 Å². The molecule has 0 radical (unpaired) electrons. The average molecular weight is 413 g/mol. The molecule has 0 spiro atoms. The molecule has 0 bridgehead atoms. The van der Waals surface area contributed by atoms with Gasteiger partial charge < -0.3 is 9.84 Å². The lowest BCUT2D eigenvalue weighted by Gasteiger charge is -2.08. The molecule has 0 aromatic heterocycles. The van der Waals surface area contributed by atoms with Gasteiger partial charge in [0.1, 0.15) is 0 Å². The van der Waals surface area contributed by atoms with Gasteiger partial charge in [-0.3, -0.25) is 9.59 Å². The molecule has 29 heavy (non-hydrogen) atoms. The fraction of sp³-hybridized carbons (Fsp3) is 0.920. The normalized spacial score (nSPS) is 12.1. The zero-order valence-corrected chi connectivity index (χ0v) is 19.4. The highest BCUT2D eigenvalue weighted by Gasteiger charge is 2.13. The number of rotatable bonds is 22. The minimum atomic E-state index is -0.637. The molecule has 0 aliphatic heterocycles. The molecular formula is C25H48O4. The van der Waals surface area contributed by atoms with Gasteiger partial charge in [-0.15, -0.1) is 0 Å². The van der Waals surface area contributed by atoms with Crippen LogP contribution in [0.25, 0.3) is 0 Å². The Morgan fingerprint density at radius 2 is 1.17 bits per heavy atom. The minimum absolute atomic E-state index is 0.0193. The number of esters is 1. The van der Waals surface area contributed by atoms with Crippen molar-refractivity contribution in [3.05, 3.63) is 0 Å². The number of unbranched alkanes of at least 4 members (excludes halogenated alkanes) is 14. The van der Waals surface area contributed by atoms with Crippen molar-refractivity contribution in [2.45, 2.75) is 136 Å². The van der Waals surface area contributed by atoms with Crippen LogP contribution in [0, 0.1) is 5.92 Å². The first-order valence-electron chi connectivity index (χ1n) is 12.5. The Hall–Kier alpha value is -1.06. The van der Waals surface area contributed by atoms with E-state index in [-0.39, 0.29) is 11.9 Å². The predicted molar refractivity (Wildman–Crippen MR) is 121 cm³/mol. The Kier molecular flexibility index (Phi) is 20.9. The van der Waals surface area contributed by atoms with Crippen LogP contribution < -0.4 is 0 Å². The third-order valence-electron chi connectivity index (χ3n) is 5.79. The quantitative estimate of drug-likeness (QED) is 0.146. The summed E-state index contributed by atoms with van der Waals surface area (Å²) in [6.45, 7) is 4.76. The summed E-state index contributed by atoms with van der Waals surface area (Å²) in [6.07, 6.45) is 21.3. The molecule has 0 aromatic carbocycles. The summed E-state index contributed by atoms with van der Waals surface area (Å²) in [7, 11) is 0. The standard InChI is InChI=1S/C25H48O4/c1-3-5-6-16-19-22-29-24(26)21-18-15-13-11-9-7-8-10-12-14-17-20-23(4-2)25(27)28/h23H,3-22H2,1-2H3,(H,27,28). The van der Waals surface area contributed by atoms with Crippen LogP contribution in [0.15, 0.2) is 0 Å². The SMILES string of the molecule is CCCCCCCOC(=O)CCCCCCCCCCCCCC(CC)C(=O)O. The zero-order valence-electron chi connectivity index (χ0n) is 19.4. The molecule has 1 unspecified atom stereocenters. The van der Waals surface area contributed by atoms with Crippen molar-refractivity contribution in [1.82, 2.24) is 0 Å². The molecule has 0 fully saturated rings. The fourth-order valence-corrected chi connectivity index (χ4v) is 3.72. The molecule has 4 heteroatoms. The summed E-state index contributed by atoms with van der Waals surface area (Å²) in [4.78, 5) is 22.6. The van der Waals surface area contributed by atoms with E-state index in [1.54, 1.807) is 0 Å². The third kappa shape index (κ3) is 20.0. The summed E-state index contributed by atoms with van der Waals surface area (Å²) in [5.74, 6) is -0.802. The summed E-state index contributed by atoms with van der Waals surface area (Å²) >= 11 is 0. The molecule has 0 aliphatic carbocycles. The first kappa shape index (κ1) is 27.9. The first-order chi connectivity index (χ1) is 14.1. The van der Waals surface area contributed by atoms with Gasteiger partial charge in [-0.2, -0.15) is 0 Å². The first-order valence-corrected chi connectivity index (χ1v) is 12.5. The Labute approximate surface area is 180 Å². The highest BCUT2D eigenvalue weighted by Crippen LogP contribution is 2.16. The summed E-state index contributed by atoms with van der Waals surface area (Å²) < 4.78 is 5.29. The van der Waals surface area contributed by atoms with E-state index in [1.807, 2.05) is 6.92 Å². The molecule has 0 saturated carbocycles. The van der Waals surface area contributed by atoms with E-state index < -0.39 is 5.97 Å². The van der Waals surface area contributed by atoms with Crippen LogP contribution >= 0.6 is 0 Å². The monoisotopic (exact) mass is 412 g/mol. The molecule has 0 aliphatic rings. The van der Waals surface area contributed by atoms with Crippen LogP contribution in [0.2, 0.25) is 0 Å². The average Bonchev–Trinajstić information content (AvgIpc) is 2.70. The zero-order chi connectivity index (χ0) is 21.6. The molecule has 0 aromatic rings. The predicted octanol–water partition coefficient (Wildman–Crippen LogP) is 7.68. The lowest BCUT2D eigenvalue weighted by Crippen LogP contribution is -2.12. The van der Waals surface area contributed by atoms with Gasteiger partial charge in [0.15, 0.2) is 0 Å². The van der Waals surface area contributed by atoms with Gasteiger partial charge in [-0.25, -0.2) is 0 Å². The van der Waals surface area contributed by atoms with Gasteiger partial charge >= 0.3 is 11.9 Å². The van der Waals surface area contributed by atoms with Gasteiger partial charge in [-0.05, 0) is 25.7 Å². The Morgan fingerprint density at radius 1 is 0.690 bits per heavy atom. The second-order valence-electron chi connectivity index (χ2n) is 8.51. The number of carbonyl (C=O) groups is 2. The van der Waals surface area contributed by atoms with E-state index in [9.17, 15) is 9.59 Å². The molecule has 0 amide bonds. The van der Waals surface area contributed by atoms with Gasteiger partial charge in [-0.1, -0.05) is 104 Å². The maximum absolute atomic E-state index is 11.7. The Bertz CT molecular complexity index is 381. The van der Waals surface area contributed by atoms with Crippen LogP contribution in [-0.4, -0.2) is 23.7 Å². The molecule has 0 rings (SSSR count). The molecule has 1 N–H and O–H groups in total. The van der Waals surface area contributed by atoms with Crippen molar-refractivity contribution >= 4 is 11.9 Å². The number of aliphatic carboxylic acids is 1. The number of hydrogen-bond donors (Lipinski definition) is 1. The van der Waals surface area contributed by atoms with Crippen LogP contribution in [0.1, 0.15) is 136 Å². The molecule has 1 atom stereocenters. The number of carboxylic acids is 1. The van der Waals surface area contributed by atoms with E-state index >= 15 is 0 Å². The number of hydrogen-bond acceptors (Lipinski definition) is 3. The summed E-state index contributed by atoms with van der Waals surface area (Å²) in [6, 6.07) is 0. The summed E-state index contributed by atoms with van der Waals surface area (Å²) in [5, 5.41) is 9.02. The number of carbonyl (C=O) groups excluding carboxylic acids is 1. The molecular weight excluding hydrogens is 364 g/mol. The van der Waals surface area contributed by atoms with Gasteiger partial charge in [0, 0.05) is 6.42 Å². The van der Waals surface area contributed by atoms with E-state index in [4.69, 9.17) is 9.84 Å². The maximum Gasteiger partial charge on any atom is 0.306 e. The van der Waals surface area contributed by atoms with E-state index in [2.05, 4.69) is 6.92 Å². The summed E-state index contributed by atoms with van der Waals surface area (Å²) in [5.41, 5.74) is 0. The van der Waals surface area contributed by atoms with Crippen molar-refractivity contribution in [1.29, 1.82) is 0 Å².